The van der Waals surface area contributed by atoms with Gasteiger partial charge in [0.25, 0.3) is 0 Å². The molecule has 0 bridgehead atoms. The molecule has 21 heavy (non-hydrogen) atoms. The second kappa shape index (κ2) is 5.69. The summed E-state index contributed by atoms with van der Waals surface area (Å²) in [4.78, 5) is 15.8. The van der Waals surface area contributed by atoms with Crippen molar-refractivity contribution < 1.29 is 13.9 Å². The van der Waals surface area contributed by atoms with Gasteiger partial charge in [0.05, 0.1) is 6.61 Å². The molecule has 1 heterocycles. The van der Waals surface area contributed by atoms with E-state index in [1.54, 1.807) is 6.92 Å². The van der Waals surface area contributed by atoms with Gasteiger partial charge in [-0.1, -0.05) is 34.1 Å². The van der Waals surface area contributed by atoms with Crippen LogP contribution in [0.4, 0.5) is 0 Å². The van der Waals surface area contributed by atoms with Crippen LogP contribution in [0.2, 0.25) is 0 Å². The first-order chi connectivity index (χ1) is 10.2. The minimum absolute atomic E-state index is 0.202. The summed E-state index contributed by atoms with van der Waals surface area (Å²) in [7, 11) is 0. The standard InChI is InChI=1S/C16H12BrNO3/c1-2-20-16(19)14-15(21-9-18-14)12-4-3-11-8-13(17)6-5-10(11)7-12/h3-9H,2H2,1H3. The predicted octanol–water partition coefficient (Wildman–Crippen LogP) is 4.43. The van der Waals surface area contributed by atoms with Crippen LogP contribution in [0.5, 0.6) is 0 Å². The highest BCUT2D eigenvalue weighted by Gasteiger charge is 2.19. The first kappa shape index (κ1) is 13.8. The zero-order chi connectivity index (χ0) is 14.8. The fourth-order valence-corrected chi connectivity index (χ4v) is 2.53. The number of ether oxygens (including phenoxy) is 1. The lowest BCUT2D eigenvalue weighted by molar-refractivity contribution is 0.0520. The van der Waals surface area contributed by atoms with Crippen molar-refractivity contribution in [2.24, 2.45) is 0 Å². The molecule has 3 aromatic rings. The molecule has 0 saturated heterocycles. The average Bonchev–Trinajstić information content (AvgIpc) is 2.96. The zero-order valence-corrected chi connectivity index (χ0v) is 12.9. The SMILES string of the molecule is CCOC(=O)c1ncoc1-c1ccc2cc(Br)ccc2c1. The van der Waals surface area contributed by atoms with Crippen molar-refractivity contribution in [1.82, 2.24) is 4.98 Å². The maximum atomic E-state index is 11.9. The van der Waals surface area contributed by atoms with Gasteiger partial charge in [-0.25, -0.2) is 9.78 Å². The molecule has 0 amide bonds. The molecule has 0 saturated carbocycles. The van der Waals surface area contributed by atoms with Crippen molar-refractivity contribution in [2.75, 3.05) is 6.61 Å². The highest BCUT2D eigenvalue weighted by molar-refractivity contribution is 9.10. The topological polar surface area (TPSA) is 52.3 Å². The van der Waals surface area contributed by atoms with Gasteiger partial charge in [-0.15, -0.1) is 0 Å². The highest BCUT2D eigenvalue weighted by Crippen LogP contribution is 2.28. The van der Waals surface area contributed by atoms with Gasteiger partial charge < -0.3 is 9.15 Å². The van der Waals surface area contributed by atoms with Crippen LogP contribution in [-0.4, -0.2) is 17.6 Å². The Morgan fingerprint density at radius 1 is 1.24 bits per heavy atom. The van der Waals surface area contributed by atoms with Gasteiger partial charge in [0, 0.05) is 10.0 Å². The number of benzene rings is 2. The molecule has 0 spiro atoms. The summed E-state index contributed by atoms with van der Waals surface area (Å²) in [5.74, 6) is -0.0459. The molecule has 0 fully saturated rings. The molecule has 5 heteroatoms. The van der Waals surface area contributed by atoms with Crippen LogP contribution in [0.15, 0.2) is 51.7 Å². The smallest absolute Gasteiger partial charge is 0.360 e. The predicted molar refractivity (Wildman–Crippen MR) is 83.1 cm³/mol. The van der Waals surface area contributed by atoms with Crippen molar-refractivity contribution in [3.63, 3.8) is 0 Å². The van der Waals surface area contributed by atoms with Crippen LogP contribution in [-0.2, 0) is 4.74 Å². The van der Waals surface area contributed by atoms with Crippen molar-refractivity contribution in [3.8, 4) is 11.3 Å². The monoisotopic (exact) mass is 345 g/mol. The number of hydrogen-bond donors (Lipinski definition) is 0. The second-order valence-corrected chi connectivity index (χ2v) is 5.37. The van der Waals surface area contributed by atoms with E-state index in [4.69, 9.17) is 9.15 Å². The summed E-state index contributed by atoms with van der Waals surface area (Å²) >= 11 is 3.45. The van der Waals surface area contributed by atoms with Crippen LogP contribution in [0.1, 0.15) is 17.4 Å². The zero-order valence-electron chi connectivity index (χ0n) is 11.3. The van der Waals surface area contributed by atoms with E-state index in [1.807, 2.05) is 36.4 Å². The Balaban J connectivity index is 2.07. The molecular weight excluding hydrogens is 334 g/mol. The summed E-state index contributed by atoms with van der Waals surface area (Å²) in [6, 6.07) is 11.9. The number of carbonyl (C=O) groups is 1. The lowest BCUT2D eigenvalue weighted by Crippen LogP contribution is -2.06. The number of oxazole rings is 1. The van der Waals surface area contributed by atoms with Gasteiger partial charge >= 0.3 is 5.97 Å². The molecular formula is C16H12BrNO3. The minimum Gasteiger partial charge on any atom is -0.461 e. The Bertz CT molecular complexity index is 810. The number of carbonyl (C=O) groups excluding carboxylic acids is 1. The number of fused-ring (bicyclic) bond motifs is 1. The normalized spacial score (nSPS) is 10.8. The molecule has 3 rings (SSSR count). The van der Waals surface area contributed by atoms with E-state index in [-0.39, 0.29) is 5.69 Å². The van der Waals surface area contributed by atoms with Crippen LogP contribution < -0.4 is 0 Å². The lowest BCUT2D eigenvalue weighted by Gasteiger charge is -2.04. The van der Waals surface area contributed by atoms with Gasteiger partial charge in [0.15, 0.2) is 17.8 Å². The first-order valence-corrected chi connectivity index (χ1v) is 7.28. The largest absolute Gasteiger partial charge is 0.461 e. The fraction of sp³-hybridized carbons (Fsp3) is 0.125. The molecule has 0 aliphatic heterocycles. The third-order valence-electron chi connectivity index (χ3n) is 3.10. The van der Waals surface area contributed by atoms with Crippen LogP contribution in [0.3, 0.4) is 0 Å². The van der Waals surface area contributed by atoms with Gasteiger partial charge in [-0.05, 0) is 35.9 Å². The fourth-order valence-electron chi connectivity index (χ4n) is 2.15. The Morgan fingerprint density at radius 2 is 2.00 bits per heavy atom. The van der Waals surface area contributed by atoms with Crippen LogP contribution in [0.25, 0.3) is 22.1 Å². The Hall–Kier alpha value is -2.14. The first-order valence-electron chi connectivity index (χ1n) is 6.49. The van der Waals surface area contributed by atoms with E-state index in [0.29, 0.717) is 12.4 Å². The van der Waals surface area contributed by atoms with E-state index >= 15 is 0 Å². The van der Waals surface area contributed by atoms with Crippen molar-refractivity contribution in [2.45, 2.75) is 6.92 Å². The van der Waals surface area contributed by atoms with E-state index in [9.17, 15) is 4.79 Å². The molecule has 0 aliphatic carbocycles. The highest BCUT2D eigenvalue weighted by atomic mass is 79.9. The maximum absolute atomic E-state index is 11.9. The van der Waals surface area contributed by atoms with E-state index < -0.39 is 5.97 Å². The van der Waals surface area contributed by atoms with E-state index in [0.717, 1.165) is 20.8 Å². The number of nitrogens with zero attached hydrogens (tertiary/aromatic N) is 1. The third kappa shape index (κ3) is 2.69. The molecule has 4 nitrogen and oxygen atoms in total. The van der Waals surface area contributed by atoms with Crippen LogP contribution in [0, 0.1) is 0 Å². The Kier molecular flexibility index (Phi) is 3.75. The number of aromatic nitrogens is 1. The number of hydrogen-bond acceptors (Lipinski definition) is 4. The Labute approximate surface area is 129 Å². The molecule has 0 radical (unpaired) electrons. The van der Waals surface area contributed by atoms with Crippen molar-refractivity contribution >= 4 is 32.7 Å². The molecule has 0 aliphatic rings. The molecule has 106 valence electrons. The second-order valence-electron chi connectivity index (χ2n) is 4.46. The minimum atomic E-state index is -0.475. The number of rotatable bonds is 3. The summed E-state index contributed by atoms with van der Waals surface area (Å²) < 4.78 is 11.4. The molecule has 0 atom stereocenters. The summed E-state index contributed by atoms with van der Waals surface area (Å²) in [5.41, 5.74) is 0.999. The lowest BCUT2D eigenvalue weighted by atomic mass is 10.0. The number of esters is 1. The third-order valence-corrected chi connectivity index (χ3v) is 3.59. The molecule has 2 aromatic carbocycles. The molecule has 0 unspecified atom stereocenters. The van der Waals surface area contributed by atoms with Gasteiger partial charge in [-0.2, -0.15) is 0 Å². The van der Waals surface area contributed by atoms with Crippen molar-refractivity contribution in [3.05, 3.63) is 53.0 Å². The van der Waals surface area contributed by atoms with Gasteiger partial charge in [0.1, 0.15) is 0 Å². The maximum Gasteiger partial charge on any atom is 0.360 e. The average molecular weight is 346 g/mol. The molecule has 1 aromatic heterocycles. The Morgan fingerprint density at radius 3 is 2.81 bits per heavy atom. The van der Waals surface area contributed by atoms with Crippen molar-refractivity contribution in [1.29, 1.82) is 0 Å². The quantitative estimate of drug-likeness (QED) is 0.658. The summed E-state index contributed by atoms with van der Waals surface area (Å²) in [6.07, 6.45) is 1.26. The van der Waals surface area contributed by atoms with Gasteiger partial charge in [0.2, 0.25) is 0 Å². The van der Waals surface area contributed by atoms with Gasteiger partial charge in [-0.3, -0.25) is 0 Å². The van der Waals surface area contributed by atoms with E-state index in [1.165, 1.54) is 6.39 Å². The summed E-state index contributed by atoms with van der Waals surface area (Å²) in [6.45, 7) is 2.06. The summed E-state index contributed by atoms with van der Waals surface area (Å²) in [5, 5.41) is 2.16. The number of halogens is 1. The van der Waals surface area contributed by atoms with E-state index in [2.05, 4.69) is 20.9 Å². The van der Waals surface area contributed by atoms with Crippen LogP contribution >= 0.6 is 15.9 Å². The molecule has 0 N–H and O–H groups in total.